The molecule has 3 aliphatic rings. The van der Waals surface area contributed by atoms with Gasteiger partial charge < -0.3 is 16.0 Å². The molecule has 3 aliphatic heterocycles. The molecule has 5 rings (SSSR count). The van der Waals surface area contributed by atoms with Crippen LogP contribution in [0.15, 0.2) is 36.4 Å². The van der Waals surface area contributed by atoms with E-state index in [1.54, 1.807) is 6.07 Å². The van der Waals surface area contributed by atoms with Crippen LogP contribution in [0.1, 0.15) is 49.7 Å². The molecule has 8 heteroatoms. The van der Waals surface area contributed by atoms with E-state index in [2.05, 4.69) is 40.4 Å². The van der Waals surface area contributed by atoms with Crippen LogP contribution in [-0.2, 0) is 17.9 Å². The van der Waals surface area contributed by atoms with Crippen molar-refractivity contribution in [1.82, 2.24) is 20.0 Å². The van der Waals surface area contributed by atoms with Gasteiger partial charge in [0.25, 0.3) is 0 Å². The van der Waals surface area contributed by atoms with Crippen LogP contribution in [0.4, 0.5) is 0 Å². The van der Waals surface area contributed by atoms with Gasteiger partial charge in [-0.25, -0.2) is 0 Å². The fraction of sp³-hybridized carbons (Fsp3) is 0.606. The molecule has 0 aliphatic carbocycles. The first-order valence-corrected chi connectivity index (χ1v) is 16.3. The molecule has 3 saturated heterocycles. The molecular formula is C33H47Cl2N5O. The molecule has 0 bridgehead atoms. The number of amides is 1. The summed E-state index contributed by atoms with van der Waals surface area (Å²) in [7, 11) is 2.06. The van der Waals surface area contributed by atoms with E-state index in [9.17, 15) is 4.79 Å². The van der Waals surface area contributed by atoms with Gasteiger partial charge in [0.15, 0.2) is 0 Å². The first kappa shape index (κ1) is 30.8. The van der Waals surface area contributed by atoms with Crippen molar-refractivity contribution in [3.63, 3.8) is 0 Å². The van der Waals surface area contributed by atoms with Gasteiger partial charge in [0.2, 0.25) is 5.91 Å². The second-order valence-corrected chi connectivity index (χ2v) is 13.4. The Labute approximate surface area is 256 Å². The lowest BCUT2D eigenvalue weighted by atomic mass is 9.78. The van der Waals surface area contributed by atoms with Gasteiger partial charge in [-0.05, 0) is 149 Å². The SMILES string of the molecule is CNCC1CCN(Cc2cc(CN3CCC(C4CCN(C(=O)CN)CC4)CC3)cc(-c3cc(Cl)cc(Cl)c3)c2)CC1. The molecule has 3 N–H and O–H groups in total. The highest BCUT2D eigenvalue weighted by molar-refractivity contribution is 6.35. The van der Waals surface area contributed by atoms with Gasteiger partial charge in [0.1, 0.15) is 0 Å². The molecule has 0 spiro atoms. The first-order chi connectivity index (χ1) is 19.9. The van der Waals surface area contributed by atoms with E-state index in [4.69, 9.17) is 28.9 Å². The summed E-state index contributed by atoms with van der Waals surface area (Å²) in [6, 6.07) is 12.9. The summed E-state index contributed by atoms with van der Waals surface area (Å²) in [5, 5.41) is 4.69. The van der Waals surface area contributed by atoms with Crippen molar-refractivity contribution in [3.05, 3.63) is 57.6 Å². The van der Waals surface area contributed by atoms with Gasteiger partial charge in [-0.3, -0.25) is 14.6 Å². The van der Waals surface area contributed by atoms with Crippen molar-refractivity contribution in [2.45, 2.75) is 51.6 Å². The van der Waals surface area contributed by atoms with Crippen LogP contribution < -0.4 is 11.1 Å². The normalized spacial score (nSPS) is 20.5. The number of benzene rings is 2. The van der Waals surface area contributed by atoms with Crippen molar-refractivity contribution in [3.8, 4) is 11.1 Å². The first-order valence-electron chi connectivity index (χ1n) is 15.6. The monoisotopic (exact) mass is 599 g/mol. The Morgan fingerprint density at radius 3 is 1.76 bits per heavy atom. The second-order valence-electron chi connectivity index (χ2n) is 12.5. The van der Waals surface area contributed by atoms with E-state index in [-0.39, 0.29) is 12.5 Å². The minimum absolute atomic E-state index is 0.0955. The maximum Gasteiger partial charge on any atom is 0.236 e. The summed E-state index contributed by atoms with van der Waals surface area (Å²) in [6.45, 7) is 9.52. The summed E-state index contributed by atoms with van der Waals surface area (Å²) in [5.41, 5.74) is 10.6. The number of carbonyl (C=O) groups excluding carboxylic acids is 1. The largest absolute Gasteiger partial charge is 0.342 e. The topological polar surface area (TPSA) is 64.8 Å². The number of nitrogens with two attached hydrogens (primary N) is 1. The van der Waals surface area contributed by atoms with Crippen molar-refractivity contribution in [1.29, 1.82) is 0 Å². The van der Waals surface area contributed by atoms with Gasteiger partial charge in [-0.2, -0.15) is 0 Å². The van der Waals surface area contributed by atoms with Crippen molar-refractivity contribution in [2.24, 2.45) is 23.5 Å². The number of nitrogens with zero attached hydrogens (tertiary/aromatic N) is 3. The fourth-order valence-corrected chi connectivity index (χ4v) is 7.84. The van der Waals surface area contributed by atoms with Gasteiger partial charge in [0.05, 0.1) is 6.54 Å². The number of rotatable bonds is 9. The highest BCUT2D eigenvalue weighted by atomic mass is 35.5. The Balaban J connectivity index is 1.23. The molecule has 3 heterocycles. The van der Waals surface area contributed by atoms with Crippen LogP contribution >= 0.6 is 23.2 Å². The number of nitrogens with one attached hydrogen (secondary N) is 1. The third-order valence-corrected chi connectivity index (χ3v) is 10.1. The summed E-state index contributed by atoms with van der Waals surface area (Å²) >= 11 is 12.8. The van der Waals surface area contributed by atoms with Crippen molar-refractivity contribution in [2.75, 3.05) is 59.4 Å². The maximum absolute atomic E-state index is 12.0. The number of hydrogen-bond acceptors (Lipinski definition) is 5. The molecule has 0 radical (unpaired) electrons. The van der Waals surface area contributed by atoms with E-state index in [0.29, 0.717) is 10.0 Å². The van der Waals surface area contributed by atoms with Gasteiger partial charge in [-0.15, -0.1) is 0 Å². The third kappa shape index (κ3) is 8.46. The molecule has 6 nitrogen and oxygen atoms in total. The van der Waals surface area contributed by atoms with Crippen LogP contribution in [0.2, 0.25) is 10.0 Å². The van der Waals surface area contributed by atoms with Gasteiger partial charge in [-0.1, -0.05) is 29.3 Å². The van der Waals surface area contributed by atoms with Crippen LogP contribution in [0.25, 0.3) is 11.1 Å². The van der Waals surface area contributed by atoms with E-state index < -0.39 is 0 Å². The zero-order chi connectivity index (χ0) is 28.8. The highest BCUT2D eigenvalue weighted by Crippen LogP contribution is 2.34. The molecule has 2 aromatic carbocycles. The zero-order valence-electron chi connectivity index (χ0n) is 24.6. The number of halogens is 2. The fourth-order valence-electron chi connectivity index (χ4n) is 7.32. The van der Waals surface area contributed by atoms with E-state index in [1.807, 2.05) is 17.0 Å². The lowest BCUT2D eigenvalue weighted by Gasteiger charge is -2.40. The van der Waals surface area contributed by atoms with Crippen LogP contribution in [-0.4, -0.2) is 80.0 Å². The van der Waals surface area contributed by atoms with Crippen LogP contribution in [0, 0.1) is 17.8 Å². The average molecular weight is 601 g/mol. The smallest absolute Gasteiger partial charge is 0.236 e. The highest BCUT2D eigenvalue weighted by Gasteiger charge is 2.30. The molecule has 0 atom stereocenters. The molecule has 41 heavy (non-hydrogen) atoms. The molecule has 0 saturated carbocycles. The van der Waals surface area contributed by atoms with Crippen LogP contribution in [0.3, 0.4) is 0 Å². The lowest BCUT2D eigenvalue weighted by molar-refractivity contribution is -0.131. The number of carbonyl (C=O) groups is 1. The Bertz CT molecular complexity index is 1130. The molecule has 0 unspecified atom stereocenters. The zero-order valence-corrected chi connectivity index (χ0v) is 26.1. The van der Waals surface area contributed by atoms with E-state index in [1.165, 1.54) is 42.4 Å². The number of hydrogen-bond donors (Lipinski definition) is 2. The number of piperidine rings is 3. The number of likely N-dealkylation sites (tertiary alicyclic amines) is 3. The molecule has 3 fully saturated rings. The predicted molar refractivity (Wildman–Crippen MR) is 170 cm³/mol. The Kier molecular flexibility index (Phi) is 11.0. The summed E-state index contributed by atoms with van der Waals surface area (Å²) < 4.78 is 0. The minimum atomic E-state index is 0.0955. The standard InChI is InChI=1S/C33H47Cl2N5O/c1-37-21-24-2-8-38(9-3-24)22-25-14-26(16-29(15-25)30-17-31(34)19-32(35)18-30)23-39-10-4-27(5-11-39)28-6-12-40(13-7-28)33(41)20-36/h14-19,24,27-28,37H,2-13,20-23,36H2,1H3. The van der Waals surface area contributed by atoms with E-state index >= 15 is 0 Å². The molecule has 2 aromatic rings. The van der Waals surface area contributed by atoms with Gasteiger partial charge >= 0.3 is 0 Å². The van der Waals surface area contributed by atoms with Gasteiger partial charge in [0, 0.05) is 36.2 Å². The molecule has 0 aromatic heterocycles. The second kappa shape index (κ2) is 14.7. The minimum Gasteiger partial charge on any atom is -0.342 e. The Morgan fingerprint density at radius 2 is 1.24 bits per heavy atom. The Hall–Kier alpha value is -1.67. The summed E-state index contributed by atoms with van der Waals surface area (Å²) in [5.74, 6) is 2.38. The van der Waals surface area contributed by atoms with Crippen molar-refractivity contribution >= 4 is 29.1 Å². The third-order valence-electron chi connectivity index (χ3n) is 9.63. The Morgan fingerprint density at radius 1 is 0.756 bits per heavy atom. The average Bonchev–Trinajstić information content (AvgIpc) is 2.98. The van der Waals surface area contributed by atoms with Crippen molar-refractivity contribution < 1.29 is 4.79 Å². The summed E-state index contributed by atoms with van der Waals surface area (Å²) in [6.07, 6.45) is 7.25. The maximum atomic E-state index is 12.0. The predicted octanol–water partition coefficient (Wildman–Crippen LogP) is 5.50. The summed E-state index contributed by atoms with van der Waals surface area (Å²) in [4.78, 5) is 19.1. The van der Waals surface area contributed by atoms with E-state index in [0.717, 1.165) is 95.1 Å². The molecular weight excluding hydrogens is 553 g/mol. The molecule has 224 valence electrons. The lowest BCUT2D eigenvalue weighted by Crippen LogP contribution is -2.44. The quantitative estimate of drug-likeness (QED) is 0.398. The van der Waals surface area contributed by atoms with Crippen LogP contribution in [0.5, 0.6) is 0 Å². The molecule has 1 amide bonds.